The predicted molar refractivity (Wildman–Crippen MR) is 194 cm³/mol. The highest BCUT2D eigenvalue weighted by Gasteiger charge is 2.18. The second-order valence-corrected chi connectivity index (χ2v) is 11.8. The van der Waals surface area contributed by atoms with Gasteiger partial charge >= 0.3 is 5.69 Å². The molecule has 0 spiro atoms. The number of hydrogen-bond acceptors (Lipinski definition) is 4. The van der Waals surface area contributed by atoms with Crippen molar-refractivity contribution < 1.29 is 0 Å². The van der Waals surface area contributed by atoms with Crippen molar-refractivity contribution in [2.45, 2.75) is 0 Å². The molecule has 2 aromatic heterocycles. The number of fused-ring (bicyclic) bond motifs is 1. The fourth-order valence-electron chi connectivity index (χ4n) is 6.27. The number of aromatic nitrogens is 5. The van der Waals surface area contributed by atoms with Crippen LogP contribution < -0.4 is 5.69 Å². The Hall–Kier alpha value is -6.40. The van der Waals surface area contributed by atoms with Gasteiger partial charge in [-0.05, 0) is 57.6 Å². The van der Waals surface area contributed by atoms with Gasteiger partial charge < -0.3 is 0 Å². The zero-order valence-electron chi connectivity index (χ0n) is 26.6. The molecule has 0 saturated heterocycles. The Balaban J connectivity index is 1.32. The Morgan fingerprint density at radius 3 is 1.58 bits per heavy atom. The first-order valence-electron chi connectivity index (χ1n) is 15.9. The predicted octanol–water partition coefficient (Wildman–Crippen LogP) is 9.06. The van der Waals surface area contributed by atoms with Gasteiger partial charge in [-0.25, -0.2) is 19.7 Å². The smallest absolute Gasteiger partial charge is 0.295 e. The molecule has 6 heteroatoms. The summed E-state index contributed by atoms with van der Waals surface area (Å²) in [4.78, 5) is 27.9. The van der Waals surface area contributed by atoms with Crippen LogP contribution >= 0.6 is 0 Å². The van der Waals surface area contributed by atoms with Gasteiger partial charge in [-0.2, -0.15) is 0 Å². The topological polar surface area (TPSA) is 65.6 Å². The third-order valence-electron chi connectivity index (χ3n) is 8.85. The van der Waals surface area contributed by atoms with Crippen LogP contribution in [0.3, 0.4) is 0 Å². The molecule has 0 saturated carbocycles. The molecule has 0 radical (unpaired) electrons. The number of hydrogen-bond donors (Lipinski definition) is 0. The molecule has 0 unspecified atom stereocenters. The molecule has 8 aromatic rings. The van der Waals surface area contributed by atoms with Gasteiger partial charge in [0, 0.05) is 30.8 Å². The summed E-state index contributed by atoms with van der Waals surface area (Å²) in [5.41, 5.74) is 10.8. The Labute approximate surface area is 278 Å². The summed E-state index contributed by atoms with van der Waals surface area (Å²) in [7, 11) is 3.60. The highest BCUT2D eigenvalue weighted by molar-refractivity contribution is 5.86. The van der Waals surface area contributed by atoms with Crippen LogP contribution in [0, 0.1) is 0 Å². The first kappa shape index (κ1) is 29.0. The maximum absolute atomic E-state index is 12.6. The second kappa shape index (κ2) is 12.1. The summed E-state index contributed by atoms with van der Waals surface area (Å²) in [6.45, 7) is 0. The molecule has 230 valence electrons. The quantitative estimate of drug-likeness (QED) is 0.186. The Morgan fingerprint density at radius 2 is 0.875 bits per heavy atom. The maximum Gasteiger partial charge on any atom is 0.328 e. The summed E-state index contributed by atoms with van der Waals surface area (Å²) in [6.07, 6.45) is 0. The number of rotatable bonds is 6. The van der Waals surface area contributed by atoms with Crippen molar-refractivity contribution >= 4 is 11.0 Å². The average Bonchev–Trinajstić information content (AvgIpc) is 3.38. The normalized spacial score (nSPS) is 11.2. The summed E-state index contributed by atoms with van der Waals surface area (Å²) in [5, 5.41) is 0. The Kier molecular flexibility index (Phi) is 7.31. The second-order valence-electron chi connectivity index (χ2n) is 11.8. The maximum atomic E-state index is 12.6. The fraction of sp³-hybridized carbons (Fsp3) is 0.0476. The van der Waals surface area contributed by atoms with E-state index in [0.29, 0.717) is 17.5 Å². The molecule has 2 heterocycles. The van der Waals surface area contributed by atoms with E-state index in [1.54, 1.807) is 23.2 Å². The Bertz CT molecular complexity index is 2480. The SMILES string of the molecule is Cn1c(=O)n(C)c2cc(-c3cccc(-c4nc(-c5ccccc5)nc(-c5cc(-c6ccccc6)ccc5-c5ccccc5)n4)c3)ccc21. The van der Waals surface area contributed by atoms with E-state index >= 15 is 0 Å². The lowest BCUT2D eigenvalue weighted by molar-refractivity contribution is 0.795. The van der Waals surface area contributed by atoms with Crippen molar-refractivity contribution in [1.82, 2.24) is 24.1 Å². The molecular weight excluding hydrogens is 590 g/mol. The van der Waals surface area contributed by atoms with Crippen LogP contribution in [-0.2, 0) is 14.1 Å². The summed E-state index contributed by atoms with van der Waals surface area (Å²) in [6, 6.07) is 51.6. The van der Waals surface area contributed by atoms with E-state index in [9.17, 15) is 4.79 Å². The third kappa shape index (κ3) is 5.29. The highest BCUT2D eigenvalue weighted by Crippen LogP contribution is 2.36. The first-order valence-corrected chi connectivity index (χ1v) is 15.9. The minimum Gasteiger partial charge on any atom is -0.295 e. The molecule has 0 aliphatic rings. The number of aryl methyl sites for hydroxylation is 2. The molecule has 8 rings (SSSR count). The van der Waals surface area contributed by atoms with Crippen molar-refractivity contribution in [3.63, 3.8) is 0 Å². The number of benzene rings is 6. The average molecular weight is 622 g/mol. The first-order chi connectivity index (χ1) is 23.5. The van der Waals surface area contributed by atoms with Gasteiger partial charge in [0.25, 0.3) is 0 Å². The van der Waals surface area contributed by atoms with Crippen LogP contribution in [-0.4, -0.2) is 24.1 Å². The summed E-state index contributed by atoms with van der Waals surface area (Å²) < 4.78 is 3.35. The van der Waals surface area contributed by atoms with Gasteiger partial charge in [0.1, 0.15) is 0 Å². The number of imidazole rings is 1. The lowest BCUT2D eigenvalue weighted by atomic mass is 9.94. The largest absolute Gasteiger partial charge is 0.328 e. The third-order valence-corrected chi connectivity index (χ3v) is 8.85. The molecule has 6 nitrogen and oxygen atoms in total. The van der Waals surface area contributed by atoms with Gasteiger partial charge in [0.05, 0.1) is 11.0 Å². The van der Waals surface area contributed by atoms with Gasteiger partial charge in [-0.3, -0.25) is 9.13 Å². The van der Waals surface area contributed by atoms with Crippen LogP contribution in [0.25, 0.3) is 78.6 Å². The molecule has 0 bridgehead atoms. The monoisotopic (exact) mass is 621 g/mol. The van der Waals surface area contributed by atoms with E-state index in [-0.39, 0.29) is 5.69 Å². The van der Waals surface area contributed by atoms with E-state index in [0.717, 1.165) is 61.1 Å². The van der Waals surface area contributed by atoms with E-state index in [1.807, 2.05) is 60.7 Å². The van der Waals surface area contributed by atoms with Crippen molar-refractivity contribution in [1.29, 1.82) is 0 Å². The zero-order valence-corrected chi connectivity index (χ0v) is 26.6. The molecule has 0 amide bonds. The lowest BCUT2D eigenvalue weighted by Gasteiger charge is -2.14. The van der Waals surface area contributed by atoms with Gasteiger partial charge in [0.2, 0.25) is 0 Å². The molecule has 48 heavy (non-hydrogen) atoms. The fourth-order valence-corrected chi connectivity index (χ4v) is 6.27. The summed E-state index contributed by atoms with van der Waals surface area (Å²) >= 11 is 0. The van der Waals surface area contributed by atoms with E-state index in [4.69, 9.17) is 15.0 Å². The van der Waals surface area contributed by atoms with Crippen LogP contribution in [0.15, 0.2) is 156 Å². The van der Waals surface area contributed by atoms with Gasteiger partial charge in [-0.15, -0.1) is 0 Å². The molecule has 0 fully saturated rings. The summed E-state index contributed by atoms with van der Waals surface area (Å²) in [5.74, 6) is 1.78. The standard InChI is InChI=1S/C42H31N5O/c1-46-37-24-22-33(27-38(37)47(2)42(46)48)31-19-12-20-34(25-31)40-43-39(30-17-10-5-11-18-30)44-41(45-40)36-26-32(28-13-6-3-7-14-28)21-23-35(36)29-15-8-4-9-16-29/h3-27H,1-2H3. The van der Waals surface area contributed by atoms with Crippen LogP contribution in [0.2, 0.25) is 0 Å². The molecule has 6 aromatic carbocycles. The molecule has 0 atom stereocenters. The van der Waals surface area contributed by atoms with Crippen molar-refractivity contribution in [2.75, 3.05) is 0 Å². The van der Waals surface area contributed by atoms with E-state index in [2.05, 4.69) is 91.0 Å². The molecule has 0 N–H and O–H groups in total. The van der Waals surface area contributed by atoms with Gasteiger partial charge in [-0.1, -0.05) is 127 Å². The number of nitrogens with zero attached hydrogens (tertiary/aromatic N) is 5. The highest BCUT2D eigenvalue weighted by atomic mass is 16.1. The van der Waals surface area contributed by atoms with Crippen molar-refractivity contribution in [3.8, 4) is 67.5 Å². The molecule has 0 aliphatic carbocycles. The Morgan fingerprint density at radius 1 is 0.375 bits per heavy atom. The zero-order chi connectivity index (χ0) is 32.6. The molecular formula is C42H31N5O. The lowest BCUT2D eigenvalue weighted by Crippen LogP contribution is -2.19. The minimum absolute atomic E-state index is 0.0479. The van der Waals surface area contributed by atoms with E-state index in [1.165, 1.54) is 0 Å². The van der Waals surface area contributed by atoms with Crippen LogP contribution in [0.4, 0.5) is 0 Å². The minimum atomic E-state index is -0.0479. The molecule has 0 aliphatic heterocycles. The van der Waals surface area contributed by atoms with E-state index < -0.39 is 0 Å². The van der Waals surface area contributed by atoms with Crippen molar-refractivity contribution in [2.24, 2.45) is 14.1 Å². The van der Waals surface area contributed by atoms with Crippen LogP contribution in [0.1, 0.15) is 0 Å². The van der Waals surface area contributed by atoms with Crippen molar-refractivity contribution in [3.05, 3.63) is 162 Å². The van der Waals surface area contributed by atoms with Gasteiger partial charge in [0.15, 0.2) is 17.5 Å². The van der Waals surface area contributed by atoms with Crippen LogP contribution in [0.5, 0.6) is 0 Å².